The van der Waals surface area contributed by atoms with Crippen LogP contribution >= 0.6 is 0 Å². The number of rotatable bonds is 8. The number of nitrogens with zero attached hydrogens (tertiary/aromatic N) is 4. The molecule has 2 atom stereocenters. The molecule has 2 saturated heterocycles. The highest BCUT2D eigenvalue weighted by atomic mass is 16.6. The summed E-state index contributed by atoms with van der Waals surface area (Å²) in [5.74, 6) is -1.31. The Morgan fingerprint density at radius 1 is 0.634 bits per heavy atom. The van der Waals surface area contributed by atoms with E-state index in [4.69, 9.17) is 9.47 Å². The summed E-state index contributed by atoms with van der Waals surface area (Å²) >= 11 is 0. The molecule has 14 nitrogen and oxygen atoms in total. The molecule has 2 aliphatic rings. The van der Waals surface area contributed by atoms with Crippen molar-refractivity contribution in [1.29, 1.82) is 0 Å². The highest BCUT2D eigenvalue weighted by Crippen LogP contribution is 2.11. The van der Waals surface area contributed by atoms with Crippen LogP contribution in [-0.4, -0.2) is 146 Å². The summed E-state index contributed by atoms with van der Waals surface area (Å²) in [6.45, 7) is 14.6. The van der Waals surface area contributed by atoms with Crippen LogP contribution in [0, 0.1) is 0 Å². The van der Waals surface area contributed by atoms with Crippen LogP contribution in [0.25, 0.3) is 0 Å². The number of hydrogen-bond donors (Lipinski definition) is 3. The lowest BCUT2D eigenvalue weighted by molar-refractivity contribution is -0.138. The molecular weight excluding hydrogens is 534 g/mol. The van der Waals surface area contributed by atoms with E-state index < -0.39 is 47.3 Å². The van der Waals surface area contributed by atoms with E-state index in [9.17, 15) is 24.0 Å². The van der Waals surface area contributed by atoms with Gasteiger partial charge in [-0.2, -0.15) is 0 Å². The minimum Gasteiger partial charge on any atom is -0.444 e. The maximum Gasteiger partial charge on any atom is 0.408 e. The Morgan fingerprint density at radius 3 is 1.39 bits per heavy atom. The number of carbonyl (C=O) groups excluding carboxylic acids is 5. The molecule has 0 aromatic carbocycles. The molecule has 2 rings (SSSR count). The van der Waals surface area contributed by atoms with Gasteiger partial charge in [-0.1, -0.05) is 0 Å². The van der Waals surface area contributed by atoms with Gasteiger partial charge in [-0.25, -0.2) is 9.59 Å². The van der Waals surface area contributed by atoms with Gasteiger partial charge in [-0.05, 0) is 55.6 Å². The molecule has 0 unspecified atom stereocenters. The summed E-state index contributed by atoms with van der Waals surface area (Å²) in [5, 5.41) is 7.78. The molecule has 234 valence electrons. The molecule has 2 fully saturated rings. The van der Waals surface area contributed by atoms with Crippen molar-refractivity contribution in [2.24, 2.45) is 0 Å². The van der Waals surface area contributed by atoms with Gasteiger partial charge in [0.25, 0.3) is 0 Å². The number of hydrogen-bond acceptors (Lipinski definition) is 9. The molecule has 0 aromatic rings. The van der Waals surface area contributed by atoms with Gasteiger partial charge in [0, 0.05) is 58.9 Å². The Hall–Kier alpha value is -3.13. The Kier molecular flexibility index (Phi) is 12.2. The summed E-state index contributed by atoms with van der Waals surface area (Å²) in [6.07, 6.45) is -1.96. The zero-order chi connectivity index (χ0) is 31.0. The van der Waals surface area contributed by atoms with Gasteiger partial charge in [0.05, 0.1) is 6.42 Å². The van der Waals surface area contributed by atoms with Gasteiger partial charge in [0.15, 0.2) is 0 Å². The van der Waals surface area contributed by atoms with Crippen LogP contribution < -0.4 is 16.0 Å². The van der Waals surface area contributed by atoms with E-state index >= 15 is 0 Å². The minimum atomic E-state index is -1.17. The van der Waals surface area contributed by atoms with Crippen molar-refractivity contribution < 1.29 is 33.4 Å². The first-order valence-corrected chi connectivity index (χ1v) is 14.1. The van der Waals surface area contributed by atoms with E-state index in [0.29, 0.717) is 52.4 Å². The zero-order valence-electron chi connectivity index (χ0n) is 25.9. The molecule has 3 N–H and O–H groups in total. The standard InChI is InChI=1S/C27H49N7O7/c1-26(2,3)40-24(38)29-19(22(36)33-13-9-31(7)10-14-33)17-21(35)28-18-20(30-25(39)41-27(4,5)6)23(37)34-15-11-32(8)12-16-34/h19-20H,9-18H2,1-8H3,(H,28,35)(H,29,38)(H,30,39)/t19-,20-/m0/s1. The maximum atomic E-state index is 13.3. The number of ether oxygens (including phenoxy) is 2. The monoisotopic (exact) mass is 583 g/mol. The Balaban J connectivity index is 2.11. The molecule has 0 aromatic heterocycles. The molecule has 0 bridgehead atoms. The smallest absolute Gasteiger partial charge is 0.408 e. The Bertz CT molecular complexity index is 931. The lowest BCUT2D eigenvalue weighted by atomic mass is 10.1. The summed E-state index contributed by atoms with van der Waals surface area (Å²) in [5.41, 5.74) is -1.57. The summed E-state index contributed by atoms with van der Waals surface area (Å²) in [4.78, 5) is 72.1. The van der Waals surface area contributed by atoms with Crippen LogP contribution in [0.15, 0.2) is 0 Å². The van der Waals surface area contributed by atoms with E-state index in [-0.39, 0.29) is 18.9 Å². The van der Waals surface area contributed by atoms with Crippen molar-refractivity contribution in [3.8, 4) is 0 Å². The van der Waals surface area contributed by atoms with Gasteiger partial charge < -0.3 is 45.0 Å². The number of carbonyl (C=O) groups is 5. The number of amides is 5. The minimum absolute atomic E-state index is 0.217. The predicted octanol–water partition coefficient (Wildman–Crippen LogP) is -0.173. The normalized spacial score (nSPS) is 18.6. The molecule has 2 heterocycles. The van der Waals surface area contributed by atoms with Crippen LogP contribution in [0.5, 0.6) is 0 Å². The SMILES string of the molecule is CN1CCN(C(=O)[C@H](CNC(=O)C[C@H](NC(=O)OC(C)(C)C)C(=O)N2CCN(C)CC2)NC(=O)OC(C)(C)C)CC1. The second kappa shape index (κ2) is 14.7. The van der Waals surface area contributed by atoms with Crippen molar-refractivity contribution in [2.75, 3.05) is 73.0 Å². The van der Waals surface area contributed by atoms with E-state index in [1.165, 1.54) is 0 Å². The average molecular weight is 584 g/mol. The molecule has 0 radical (unpaired) electrons. The highest BCUT2D eigenvalue weighted by Gasteiger charge is 2.33. The van der Waals surface area contributed by atoms with Gasteiger partial charge in [0.1, 0.15) is 23.3 Å². The van der Waals surface area contributed by atoms with E-state index in [1.54, 1.807) is 51.3 Å². The molecule has 0 aliphatic carbocycles. The molecular formula is C27H49N7O7. The second-order valence-corrected chi connectivity index (χ2v) is 12.7. The first kappa shape index (κ1) is 34.1. The Labute approximate surface area is 243 Å². The van der Waals surface area contributed by atoms with Gasteiger partial charge in [0.2, 0.25) is 17.7 Å². The van der Waals surface area contributed by atoms with Crippen molar-refractivity contribution in [3.63, 3.8) is 0 Å². The third kappa shape index (κ3) is 12.5. The summed E-state index contributed by atoms with van der Waals surface area (Å²) < 4.78 is 10.6. The zero-order valence-corrected chi connectivity index (χ0v) is 25.9. The number of alkyl carbamates (subject to hydrolysis) is 2. The van der Waals surface area contributed by atoms with Crippen LogP contribution in [-0.2, 0) is 23.9 Å². The van der Waals surface area contributed by atoms with Gasteiger partial charge in [-0.3, -0.25) is 14.4 Å². The third-order valence-electron chi connectivity index (χ3n) is 6.50. The van der Waals surface area contributed by atoms with E-state index in [2.05, 4.69) is 25.8 Å². The van der Waals surface area contributed by atoms with Crippen LogP contribution in [0.4, 0.5) is 9.59 Å². The molecule has 2 aliphatic heterocycles. The largest absolute Gasteiger partial charge is 0.444 e. The fourth-order valence-electron chi connectivity index (χ4n) is 4.27. The lowest BCUT2D eigenvalue weighted by Gasteiger charge is -2.35. The molecule has 5 amide bonds. The Morgan fingerprint density at radius 2 is 1.00 bits per heavy atom. The van der Waals surface area contributed by atoms with Crippen LogP contribution in [0.1, 0.15) is 48.0 Å². The summed E-state index contributed by atoms with van der Waals surface area (Å²) in [6, 6.07) is -2.25. The fourth-order valence-corrected chi connectivity index (χ4v) is 4.27. The molecule has 41 heavy (non-hydrogen) atoms. The average Bonchev–Trinajstić information content (AvgIpc) is 2.84. The first-order chi connectivity index (χ1) is 18.9. The topological polar surface area (TPSA) is 153 Å². The molecule has 14 heteroatoms. The number of likely N-dealkylation sites (N-methyl/N-ethyl adjacent to an activating group) is 2. The van der Waals surface area contributed by atoms with Crippen LogP contribution in [0.3, 0.4) is 0 Å². The lowest BCUT2D eigenvalue weighted by Crippen LogP contribution is -2.58. The quantitative estimate of drug-likeness (QED) is 0.353. The van der Waals surface area contributed by atoms with Gasteiger partial charge in [-0.15, -0.1) is 0 Å². The third-order valence-corrected chi connectivity index (χ3v) is 6.50. The van der Waals surface area contributed by atoms with E-state index in [0.717, 1.165) is 0 Å². The number of piperazine rings is 2. The number of nitrogens with one attached hydrogen (secondary N) is 3. The predicted molar refractivity (Wildman–Crippen MR) is 152 cm³/mol. The van der Waals surface area contributed by atoms with Gasteiger partial charge >= 0.3 is 12.2 Å². The van der Waals surface area contributed by atoms with E-state index in [1.807, 2.05) is 14.1 Å². The maximum absolute atomic E-state index is 13.3. The molecule has 0 saturated carbocycles. The highest BCUT2D eigenvalue weighted by molar-refractivity contribution is 5.91. The molecule has 0 spiro atoms. The van der Waals surface area contributed by atoms with Crippen molar-refractivity contribution in [1.82, 2.24) is 35.6 Å². The van der Waals surface area contributed by atoms with Crippen LogP contribution in [0.2, 0.25) is 0 Å². The first-order valence-electron chi connectivity index (χ1n) is 14.1. The van der Waals surface area contributed by atoms with Crippen molar-refractivity contribution >= 4 is 29.9 Å². The summed E-state index contributed by atoms with van der Waals surface area (Å²) in [7, 11) is 3.92. The van der Waals surface area contributed by atoms with Crippen molar-refractivity contribution in [3.05, 3.63) is 0 Å². The van der Waals surface area contributed by atoms with Crippen molar-refractivity contribution in [2.45, 2.75) is 71.2 Å². The fraction of sp³-hybridized carbons (Fsp3) is 0.815. The second-order valence-electron chi connectivity index (χ2n) is 12.7.